The molecule has 0 bridgehead atoms. The Kier molecular flexibility index (Phi) is 5.86. The van der Waals surface area contributed by atoms with Crippen LogP contribution in [0.3, 0.4) is 0 Å². The number of carbonyl (C=O) groups excluding carboxylic acids is 1. The van der Waals surface area contributed by atoms with Crippen molar-refractivity contribution in [1.29, 1.82) is 0 Å². The number of rotatable bonds is 7. The highest BCUT2D eigenvalue weighted by Crippen LogP contribution is 2.23. The number of hydrogen-bond acceptors (Lipinski definition) is 6. The Bertz CT molecular complexity index is 960. The molecular formula is C20H26N6O3. The standard InChI is InChI=1S/C20H26N6O3/c1-25-19-14(12-22-25)11-17(26-8-7-21-13-26)24-18(19)20(27)23-15-3-5-16(6-4-15)29-10-9-28-2/h7-8,11-13,15-16H,3-6,9-10H2,1-2H3,(H,23,27)/t15-,16-. The van der Waals surface area contributed by atoms with Crippen LogP contribution in [0, 0.1) is 0 Å². The van der Waals surface area contributed by atoms with Crippen molar-refractivity contribution in [3.8, 4) is 5.82 Å². The van der Waals surface area contributed by atoms with E-state index in [0.29, 0.717) is 24.7 Å². The first kappa shape index (κ1) is 19.5. The summed E-state index contributed by atoms with van der Waals surface area (Å²) in [5, 5.41) is 8.32. The van der Waals surface area contributed by atoms with Crippen LogP contribution in [0.25, 0.3) is 16.7 Å². The van der Waals surface area contributed by atoms with E-state index in [9.17, 15) is 4.79 Å². The normalized spacial score (nSPS) is 19.5. The highest BCUT2D eigenvalue weighted by atomic mass is 16.5. The maximum atomic E-state index is 13.1. The number of carbonyl (C=O) groups is 1. The molecule has 1 aliphatic rings. The van der Waals surface area contributed by atoms with E-state index in [0.717, 1.165) is 36.6 Å². The second-order valence-electron chi connectivity index (χ2n) is 7.32. The van der Waals surface area contributed by atoms with Crippen LogP contribution in [0.15, 0.2) is 31.0 Å². The molecule has 4 rings (SSSR count). The maximum Gasteiger partial charge on any atom is 0.272 e. The lowest BCUT2D eigenvalue weighted by molar-refractivity contribution is -0.00409. The van der Waals surface area contributed by atoms with Gasteiger partial charge in [-0.3, -0.25) is 14.0 Å². The van der Waals surface area contributed by atoms with Gasteiger partial charge in [0.25, 0.3) is 5.91 Å². The van der Waals surface area contributed by atoms with Gasteiger partial charge >= 0.3 is 0 Å². The molecule has 1 saturated carbocycles. The molecule has 0 saturated heterocycles. The summed E-state index contributed by atoms with van der Waals surface area (Å²) in [5.41, 5.74) is 1.10. The molecule has 3 aromatic heterocycles. The molecule has 0 radical (unpaired) electrons. The molecule has 0 atom stereocenters. The molecule has 29 heavy (non-hydrogen) atoms. The summed E-state index contributed by atoms with van der Waals surface area (Å²) in [6.07, 6.45) is 10.8. The lowest BCUT2D eigenvalue weighted by atomic mass is 9.93. The van der Waals surface area contributed by atoms with Gasteiger partial charge in [0.1, 0.15) is 12.1 Å². The molecule has 0 spiro atoms. The number of amides is 1. The maximum absolute atomic E-state index is 13.1. The Labute approximate surface area is 169 Å². The zero-order valence-electron chi connectivity index (χ0n) is 16.7. The van der Waals surface area contributed by atoms with Crippen LogP contribution in [0.4, 0.5) is 0 Å². The minimum absolute atomic E-state index is 0.117. The molecule has 1 fully saturated rings. The van der Waals surface area contributed by atoms with Crippen molar-refractivity contribution in [3.05, 3.63) is 36.7 Å². The number of nitrogens with zero attached hydrogens (tertiary/aromatic N) is 5. The smallest absolute Gasteiger partial charge is 0.272 e. The van der Waals surface area contributed by atoms with E-state index in [1.165, 1.54) is 0 Å². The number of imidazole rings is 1. The summed E-state index contributed by atoms with van der Waals surface area (Å²) in [7, 11) is 3.49. The Balaban J connectivity index is 1.48. The first-order valence-electron chi connectivity index (χ1n) is 9.88. The van der Waals surface area contributed by atoms with E-state index in [2.05, 4.69) is 20.4 Å². The average molecular weight is 398 g/mol. The molecule has 9 heteroatoms. The van der Waals surface area contributed by atoms with Crippen molar-refractivity contribution in [2.45, 2.75) is 37.8 Å². The third kappa shape index (κ3) is 4.30. The van der Waals surface area contributed by atoms with E-state index < -0.39 is 0 Å². The summed E-state index contributed by atoms with van der Waals surface area (Å²) >= 11 is 0. The predicted octanol–water partition coefficient (Wildman–Crippen LogP) is 1.86. The van der Waals surface area contributed by atoms with Gasteiger partial charge in [0, 0.05) is 38.0 Å². The third-order valence-electron chi connectivity index (χ3n) is 5.34. The highest BCUT2D eigenvalue weighted by molar-refractivity contribution is 6.04. The van der Waals surface area contributed by atoms with Gasteiger partial charge in [0.15, 0.2) is 5.69 Å². The molecule has 0 aliphatic heterocycles. The Morgan fingerprint density at radius 2 is 2.10 bits per heavy atom. The summed E-state index contributed by atoms with van der Waals surface area (Å²) in [6.45, 7) is 1.22. The SMILES string of the molecule is COCCO[C@H]1CC[C@H](NC(=O)c2nc(-n3ccnc3)cc3cnn(C)c23)CC1. The zero-order chi connectivity index (χ0) is 20.2. The lowest BCUT2D eigenvalue weighted by Crippen LogP contribution is -2.39. The quantitative estimate of drug-likeness (QED) is 0.610. The minimum atomic E-state index is -0.177. The molecule has 3 aromatic rings. The number of hydrogen-bond donors (Lipinski definition) is 1. The van der Waals surface area contributed by atoms with Gasteiger partial charge in [-0.1, -0.05) is 0 Å². The first-order valence-corrected chi connectivity index (χ1v) is 9.88. The van der Waals surface area contributed by atoms with E-state index in [1.54, 1.807) is 41.3 Å². The van der Waals surface area contributed by atoms with Crippen LogP contribution in [-0.4, -0.2) is 62.7 Å². The number of nitrogens with one attached hydrogen (secondary N) is 1. The van der Waals surface area contributed by atoms with Crippen molar-refractivity contribution in [2.24, 2.45) is 7.05 Å². The zero-order valence-corrected chi connectivity index (χ0v) is 16.7. The Morgan fingerprint density at radius 3 is 2.83 bits per heavy atom. The van der Waals surface area contributed by atoms with Gasteiger partial charge in [-0.2, -0.15) is 5.10 Å². The predicted molar refractivity (Wildman–Crippen MR) is 107 cm³/mol. The molecule has 154 valence electrons. The highest BCUT2D eigenvalue weighted by Gasteiger charge is 2.25. The average Bonchev–Trinajstić information content (AvgIpc) is 3.39. The third-order valence-corrected chi connectivity index (χ3v) is 5.34. The van der Waals surface area contributed by atoms with Crippen LogP contribution in [0.1, 0.15) is 36.2 Å². The van der Waals surface area contributed by atoms with Crippen molar-refractivity contribution in [1.82, 2.24) is 29.6 Å². The molecule has 3 heterocycles. The van der Waals surface area contributed by atoms with E-state index >= 15 is 0 Å². The molecule has 0 unspecified atom stereocenters. The largest absolute Gasteiger partial charge is 0.382 e. The van der Waals surface area contributed by atoms with Crippen molar-refractivity contribution < 1.29 is 14.3 Å². The number of fused-ring (bicyclic) bond motifs is 1. The molecule has 1 N–H and O–H groups in total. The fourth-order valence-electron chi connectivity index (χ4n) is 3.80. The Hall–Kier alpha value is -2.78. The Morgan fingerprint density at radius 1 is 1.28 bits per heavy atom. The number of ether oxygens (including phenoxy) is 2. The van der Waals surface area contributed by atoms with Crippen molar-refractivity contribution in [2.75, 3.05) is 20.3 Å². The van der Waals surface area contributed by atoms with Crippen LogP contribution in [0.2, 0.25) is 0 Å². The lowest BCUT2D eigenvalue weighted by Gasteiger charge is -2.29. The first-order chi connectivity index (χ1) is 14.2. The summed E-state index contributed by atoms with van der Waals surface area (Å²) < 4.78 is 14.3. The van der Waals surface area contributed by atoms with E-state index in [-0.39, 0.29) is 18.1 Å². The van der Waals surface area contributed by atoms with E-state index in [1.807, 2.05) is 13.1 Å². The summed E-state index contributed by atoms with van der Waals surface area (Å²) in [5.74, 6) is 0.465. The summed E-state index contributed by atoms with van der Waals surface area (Å²) in [6, 6.07) is 2.02. The number of methoxy groups -OCH3 is 1. The molecule has 0 aromatic carbocycles. The fraction of sp³-hybridized carbons (Fsp3) is 0.500. The molecule has 9 nitrogen and oxygen atoms in total. The molecule has 1 amide bonds. The van der Waals surface area contributed by atoms with Crippen LogP contribution in [-0.2, 0) is 16.5 Å². The molecule has 1 aliphatic carbocycles. The van der Waals surface area contributed by atoms with Gasteiger partial charge in [-0.05, 0) is 31.7 Å². The van der Waals surface area contributed by atoms with Gasteiger partial charge < -0.3 is 14.8 Å². The van der Waals surface area contributed by atoms with Crippen LogP contribution < -0.4 is 5.32 Å². The van der Waals surface area contributed by atoms with Crippen LogP contribution in [0.5, 0.6) is 0 Å². The topological polar surface area (TPSA) is 96.1 Å². The molecular weight excluding hydrogens is 372 g/mol. The van der Waals surface area contributed by atoms with Crippen molar-refractivity contribution >= 4 is 16.8 Å². The fourth-order valence-corrected chi connectivity index (χ4v) is 3.80. The van der Waals surface area contributed by atoms with Gasteiger partial charge in [-0.25, -0.2) is 9.97 Å². The number of aromatic nitrogens is 5. The van der Waals surface area contributed by atoms with Gasteiger partial charge in [-0.15, -0.1) is 0 Å². The minimum Gasteiger partial charge on any atom is -0.382 e. The number of pyridine rings is 1. The van der Waals surface area contributed by atoms with Crippen molar-refractivity contribution in [3.63, 3.8) is 0 Å². The van der Waals surface area contributed by atoms with Crippen LogP contribution >= 0.6 is 0 Å². The van der Waals surface area contributed by atoms with Gasteiger partial charge in [0.2, 0.25) is 0 Å². The monoisotopic (exact) mass is 398 g/mol. The van der Waals surface area contributed by atoms with Gasteiger partial charge in [0.05, 0.1) is 31.0 Å². The number of aryl methyl sites for hydroxylation is 1. The second kappa shape index (κ2) is 8.71. The summed E-state index contributed by atoms with van der Waals surface area (Å²) in [4.78, 5) is 21.8. The van der Waals surface area contributed by atoms with E-state index in [4.69, 9.17) is 9.47 Å². The second-order valence-corrected chi connectivity index (χ2v) is 7.32.